The molecule has 0 fully saturated rings. The summed E-state index contributed by atoms with van der Waals surface area (Å²) in [5.41, 5.74) is 7.83. The molecule has 4 nitrogen and oxygen atoms in total. The van der Waals surface area contributed by atoms with Gasteiger partial charge in [0.15, 0.2) is 0 Å². The van der Waals surface area contributed by atoms with Crippen molar-refractivity contribution < 1.29 is 4.74 Å². The molecular weight excluding hydrogens is 154 g/mol. The van der Waals surface area contributed by atoms with Crippen molar-refractivity contribution >= 4 is 0 Å². The molecule has 0 spiro atoms. The predicted octanol–water partition coefficient (Wildman–Crippen LogP) is 0.375. The Bertz CT molecular complexity index is 257. The summed E-state index contributed by atoms with van der Waals surface area (Å²) in [7, 11) is 3.53. The highest BCUT2D eigenvalue weighted by molar-refractivity contribution is 5.12. The molecule has 0 radical (unpaired) electrons. The molecule has 1 aromatic rings. The average Bonchev–Trinajstić information content (AvgIpc) is 2.30. The molecule has 0 aliphatic carbocycles. The van der Waals surface area contributed by atoms with Crippen molar-refractivity contribution in [2.75, 3.05) is 13.7 Å². The predicted molar refractivity (Wildman–Crippen MR) is 46.7 cm³/mol. The number of nitrogens with two attached hydrogens (primary N) is 1. The number of hydrogen-bond acceptors (Lipinski definition) is 3. The van der Waals surface area contributed by atoms with Gasteiger partial charge in [0.1, 0.15) is 0 Å². The fraction of sp³-hybridized carbons (Fsp3) is 0.625. The molecule has 0 aliphatic heterocycles. The van der Waals surface area contributed by atoms with E-state index in [2.05, 4.69) is 5.10 Å². The molecule has 1 heterocycles. The number of nitrogens with zero attached hydrogens (tertiary/aromatic N) is 2. The lowest BCUT2D eigenvalue weighted by atomic mass is 10.2. The Balaban J connectivity index is 2.79. The first-order chi connectivity index (χ1) is 5.65. The second-order valence-electron chi connectivity index (χ2n) is 2.90. The maximum absolute atomic E-state index is 5.83. The molecule has 2 N–H and O–H groups in total. The van der Waals surface area contributed by atoms with E-state index in [0.717, 1.165) is 11.4 Å². The van der Waals surface area contributed by atoms with Gasteiger partial charge >= 0.3 is 0 Å². The van der Waals surface area contributed by atoms with Gasteiger partial charge in [0, 0.05) is 14.2 Å². The summed E-state index contributed by atoms with van der Waals surface area (Å²) < 4.78 is 6.75. The molecule has 1 aromatic heterocycles. The number of rotatable bonds is 3. The van der Waals surface area contributed by atoms with Gasteiger partial charge in [-0.3, -0.25) is 4.68 Å². The van der Waals surface area contributed by atoms with E-state index < -0.39 is 0 Å². The van der Waals surface area contributed by atoms with Gasteiger partial charge in [-0.05, 0) is 13.0 Å². The summed E-state index contributed by atoms with van der Waals surface area (Å²) in [5.74, 6) is 0. The highest BCUT2D eigenvalue weighted by Crippen LogP contribution is 2.10. The fourth-order valence-corrected chi connectivity index (χ4v) is 1.24. The van der Waals surface area contributed by atoms with Crippen LogP contribution in [0.15, 0.2) is 6.07 Å². The van der Waals surface area contributed by atoms with E-state index in [1.807, 2.05) is 20.0 Å². The molecule has 0 bridgehead atoms. The lowest BCUT2D eigenvalue weighted by Crippen LogP contribution is -2.19. The van der Waals surface area contributed by atoms with E-state index in [9.17, 15) is 0 Å². The first-order valence-corrected chi connectivity index (χ1v) is 3.90. The molecule has 12 heavy (non-hydrogen) atoms. The second-order valence-corrected chi connectivity index (χ2v) is 2.90. The van der Waals surface area contributed by atoms with Crippen molar-refractivity contribution in [3.8, 4) is 0 Å². The summed E-state index contributed by atoms with van der Waals surface area (Å²) in [4.78, 5) is 0. The molecular formula is C8H15N3O. The van der Waals surface area contributed by atoms with Gasteiger partial charge in [0.25, 0.3) is 0 Å². The third kappa shape index (κ3) is 1.84. The van der Waals surface area contributed by atoms with Crippen LogP contribution >= 0.6 is 0 Å². The fourth-order valence-electron chi connectivity index (χ4n) is 1.24. The van der Waals surface area contributed by atoms with E-state index in [1.165, 1.54) is 0 Å². The van der Waals surface area contributed by atoms with Gasteiger partial charge < -0.3 is 10.5 Å². The number of hydrogen-bond donors (Lipinski definition) is 1. The van der Waals surface area contributed by atoms with Crippen molar-refractivity contribution in [3.05, 3.63) is 17.5 Å². The maximum atomic E-state index is 5.83. The molecule has 4 heteroatoms. The zero-order chi connectivity index (χ0) is 9.14. The third-order valence-corrected chi connectivity index (χ3v) is 1.76. The normalized spacial score (nSPS) is 13.3. The van der Waals surface area contributed by atoms with Gasteiger partial charge in [-0.1, -0.05) is 0 Å². The van der Waals surface area contributed by atoms with E-state index in [0.29, 0.717) is 6.61 Å². The Morgan fingerprint density at radius 1 is 1.75 bits per heavy atom. The monoisotopic (exact) mass is 169 g/mol. The molecule has 1 atom stereocenters. The van der Waals surface area contributed by atoms with E-state index >= 15 is 0 Å². The number of ether oxygens (including phenoxy) is 1. The zero-order valence-electron chi connectivity index (χ0n) is 7.74. The van der Waals surface area contributed by atoms with E-state index in [4.69, 9.17) is 10.5 Å². The second kappa shape index (κ2) is 3.69. The van der Waals surface area contributed by atoms with Crippen molar-refractivity contribution in [1.29, 1.82) is 0 Å². The van der Waals surface area contributed by atoms with Crippen molar-refractivity contribution in [2.24, 2.45) is 12.8 Å². The Labute approximate surface area is 72.3 Å². The SMILES string of the molecule is COCC(N)c1cc(C)nn1C. The minimum Gasteiger partial charge on any atom is -0.383 e. The van der Waals surface area contributed by atoms with Crippen LogP contribution in [0.5, 0.6) is 0 Å². The first kappa shape index (κ1) is 9.22. The number of aryl methyl sites for hydroxylation is 2. The minimum atomic E-state index is -0.0822. The molecule has 1 unspecified atom stereocenters. The van der Waals surface area contributed by atoms with E-state index in [1.54, 1.807) is 11.8 Å². The Kier molecular flexibility index (Phi) is 2.83. The standard InChI is InChI=1S/C8H15N3O/c1-6-4-8(11(2)10-6)7(9)5-12-3/h4,7H,5,9H2,1-3H3. The summed E-state index contributed by atoms with van der Waals surface area (Å²) in [6.07, 6.45) is 0. The molecule has 1 rings (SSSR count). The summed E-state index contributed by atoms with van der Waals surface area (Å²) in [6, 6.07) is 1.89. The van der Waals surface area contributed by atoms with Crippen LogP contribution in [0.3, 0.4) is 0 Å². The average molecular weight is 169 g/mol. The Morgan fingerprint density at radius 2 is 2.42 bits per heavy atom. The van der Waals surface area contributed by atoms with Crippen LogP contribution in [0.1, 0.15) is 17.4 Å². The van der Waals surface area contributed by atoms with Crippen molar-refractivity contribution in [1.82, 2.24) is 9.78 Å². The summed E-state index contributed by atoms with van der Waals surface area (Å²) >= 11 is 0. The maximum Gasteiger partial charge on any atom is 0.0704 e. The molecule has 0 amide bonds. The van der Waals surface area contributed by atoms with Gasteiger partial charge in [-0.15, -0.1) is 0 Å². The smallest absolute Gasteiger partial charge is 0.0704 e. The molecule has 0 saturated carbocycles. The van der Waals surface area contributed by atoms with Crippen LogP contribution in [0.25, 0.3) is 0 Å². The van der Waals surface area contributed by atoms with Crippen LogP contribution in [-0.4, -0.2) is 23.5 Å². The highest BCUT2D eigenvalue weighted by Gasteiger charge is 2.10. The first-order valence-electron chi connectivity index (χ1n) is 3.90. The lowest BCUT2D eigenvalue weighted by Gasteiger charge is -2.09. The van der Waals surface area contributed by atoms with Crippen LogP contribution in [-0.2, 0) is 11.8 Å². The number of methoxy groups -OCH3 is 1. The molecule has 0 saturated heterocycles. The molecule has 0 aliphatic rings. The summed E-state index contributed by atoms with van der Waals surface area (Å²) in [5, 5.41) is 4.20. The summed E-state index contributed by atoms with van der Waals surface area (Å²) in [6.45, 7) is 2.47. The van der Waals surface area contributed by atoms with Crippen LogP contribution in [0.2, 0.25) is 0 Å². The Hall–Kier alpha value is -0.870. The van der Waals surface area contributed by atoms with Crippen LogP contribution < -0.4 is 5.73 Å². The van der Waals surface area contributed by atoms with Crippen molar-refractivity contribution in [2.45, 2.75) is 13.0 Å². The van der Waals surface area contributed by atoms with Gasteiger partial charge in [0.2, 0.25) is 0 Å². The molecule has 0 aromatic carbocycles. The minimum absolute atomic E-state index is 0.0822. The van der Waals surface area contributed by atoms with Crippen molar-refractivity contribution in [3.63, 3.8) is 0 Å². The highest BCUT2D eigenvalue weighted by atomic mass is 16.5. The molecule has 68 valence electrons. The van der Waals surface area contributed by atoms with Gasteiger partial charge in [-0.25, -0.2) is 0 Å². The van der Waals surface area contributed by atoms with Crippen LogP contribution in [0.4, 0.5) is 0 Å². The van der Waals surface area contributed by atoms with Gasteiger partial charge in [-0.2, -0.15) is 5.10 Å². The van der Waals surface area contributed by atoms with Gasteiger partial charge in [0.05, 0.1) is 24.0 Å². The zero-order valence-corrected chi connectivity index (χ0v) is 7.74. The quantitative estimate of drug-likeness (QED) is 0.711. The lowest BCUT2D eigenvalue weighted by molar-refractivity contribution is 0.178. The number of aromatic nitrogens is 2. The van der Waals surface area contributed by atoms with Crippen LogP contribution in [0, 0.1) is 6.92 Å². The van der Waals surface area contributed by atoms with E-state index in [-0.39, 0.29) is 6.04 Å². The largest absolute Gasteiger partial charge is 0.383 e. The topological polar surface area (TPSA) is 53.1 Å². The third-order valence-electron chi connectivity index (χ3n) is 1.76. The Morgan fingerprint density at radius 3 is 2.83 bits per heavy atom.